The van der Waals surface area contributed by atoms with Gasteiger partial charge in [-0.05, 0) is 25.7 Å². The summed E-state index contributed by atoms with van der Waals surface area (Å²) in [6.45, 7) is 2.02. The molecule has 0 aromatic carbocycles. The van der Waals surface area contributed by atoms with E-state index in [-0.39, 0.29) is 11.8 Å². The van der Waals surface area contributed by atoms with Gasteiger partial charge in [-0.1, -0.05) is 26.2 Å². The van der Waals surface area contributed by atoms with Crippen LogP contribution in [0.15, 0.2) is 0 Å². The van der Waals surface area contributed by atoms with Crippen LogP contribution in [0.3, 0.4) is 0 Å². The number of hydrogen-bond donors (Lipinski definition) is 1. The summed E-state index contributed by atoms with van der Waals surface area (Å²) in [5, 5.41) is 8.83. The van der Waals surface area contributed by atoms with Crippen LogP contribution in [0.5, 0.6) is 0 Å². The Morgan fingerprint density at radius 3 is 2.55 bits per heavy atom. The van der Waals surface area contributed by atoms with Crippen molar-refractivity contribution in [2.45, 2.75) is 58.3 Å². The minimum atomic E-state index is -0.826. The van der Waals surface area contributed by atoms with E-state index in [1.165, 1.54) is 4.90 Å². The van der Waals surface area contributed by atoms with E-state index in [2.05, 4.69) is 0 Å². The molecule has 2 amide bonds. The van der Waals surface area contributed by atoms with Crippen molar-refractivity contribution < 1.29 is 19.5 Å². The summed E-state index contributed by atoms with van der Waals surface area (Å²) in [6, 6.07) is 0. The first-order valence-electron chi connectivity index (χ1n) is 7.54. The molecule has 0 radical (unpaired) electrons. The number of likely N-dealkylation sites (tertiary alicyclic amines) is 1. The highest BCUT2D eigenvalue weighted by Gasteiger charge is 2.51. The number of nitrogens with zero attached hydrogens (tertiary/aromatic N) is 1. The van der Waals surface area contributed by atoms with Crippen LogP contribution in [-0.2, 0) is 14.4 Å². The smallest absolute Gasteiger partial charge is 0.306 e. The fraction of sp³-hybridized carbons (Fsp3) is 0.800. The van der Waals surface area contributed by atoms with Crippen molar-refractivity contribution in [3.05, 3.63) is 0 Å². The van der Waals surface area contributed by atoms with Crippen LogP contribution in [0.25, 0.3) is 0 Å². The summed E-state index contributed by atoms with van der Waals surface area (Å²) in [6.07, 6.45) is 6.31. The molecule has 1 aliphatic carbocycles. The Morgan fingerprint density at radius 1 is 1.30 bits per heavy atom. The first kappa shape index (κ1) is 15.0. The van der Waals surface area contributed by atoms with E-state index in [9.17, 15) is 14.4 Å². The molecule has 5 nitrogen and oxygen atoms in total. The maximum atomic E-state index is 12.5. The largest absolute Gasteiger partial charge is 0.481 e. The number of carbonyl (C=O) groups is 3. The summed E-state index contributed by atoms with van der Waals surface area (Å²) in [5.41, 5.74) is -0.423. The summed E-state index contributed by atoms with van der Waals surface area (Å²) in [5.74, 6) is -1.33. The lowest BCUT2D eigenvalue weighted by Gasteiger charge is -2.30. The molecule has 1 heterocycles. The average Bonchev–Trinajstić information content (AvgIpc) is 2.63. The second-order valence-corrected chi connectivity index (χ2v) is 6.25. The van der Waals surface area contributed by atoms with Gasteiger partial charge >= 0.3 is 5.97 Å². The Hall–Kier alpha value is -1.39. The molecule has 1 atom stereocenters. The van der Waals surface area contributed by atoms with Crippen molar-refractivity contribution in [2.24, 2.45) is 11.3 Å². The molecule has 1 unspecified atom stereocenters. The van der Waals surface area contributed by atoms with Crippen LogP contribution in [0, 0.1) is 11.3 Å². The number of carboxylic acids is 1. The summed E-state index contributed by atoms with van der Waals surface area (Å²) < 4.78 is 0. The van der Waals surface area contributed by atoms with Gasteiger partial charge in [0.1, 0.15) is 0 Å². The third-order valence-electron chi connectivity index (χ3n) is 4.74. The fourth-order valence-corrected chi connectivity index (χ4v) is 3.38. The minimum Gasteiger partial charge on any atom is -0.481 e. The van der Waals surface area contributed by atoms with Crippen LogP contribution in [0.4, 0.5) is 0 Å². The predicted octanol–water partition coefficient (Wildman–Crippen LogP) is 2.20. The molecule has 2 rings (SSSR count). The molecule has 0 bridgehead atoms. The molecule has 5 heteroatoms. The topological polar surface area (TPSA) is 74.7 Å². The van der Waals surface area contributed by atoms with E-state index in [0.29, 0.717) is 25.8 Å². The predicted molar refractivity (Wildman–Crippen MR) is 72.9 cm³/mol. The highest BCUT2D eigenvalue weighted by molar-refractivity contribution is 6.05. The summed E-state index contributed by atoms with van der Waals surface area (Å²) in [4.78, 5) is 36.7. The van der Waals surface area contributed by atoms with Crippen molar-refractivity contribution in [2.75, 3.05) is 6.54 Å². The molecule has 0 aromatic rings. The first-order chi connectivity index (χ1) is 9.46. The molecular weight excluding hydrogens is 258 g/mol. The van der Waals surface area contributed by atoms with Gasteiger partial charge in [0.25, 0.3) is 0 Å². The minimum absolute atomic E-state index is 0.00909. The van der Waals surface area contributed by atoms with E-state index in [1.54, 1.807) is 6.92 Å². The van der Waals surface area contributed by atoms with Crippen LogP contribution in [-0.4, -0.2) is 34.3 Å². The van der Waals surface area contributed by atoms with Gasteiger partial charge in [-0.25, -0.2) is 0 Å². The van der Waals surface area contributed by atoms with Gasteiger partial charge in [0, 0.05) is 13.0 Å². The fourth-order valence-electron chi connectivity index (χ4n) is 3.38. The van der Waals surface area contributed by atoms with Gasteiger partial charge < -0.3 is 5.11 Å². The molecule has 2 fully saturated rings. The zero-order valence-corrected chi connectivity index (χ0v) is 12.1. The lowest BCUT2D eigenvalue weighted by molar-refractivity contribution is -0.142. The second kappa shape index (κ2) is 5.94. The number of hydrogen-bond acceptors (Lipinski definition) is 3. The van der Waals surface area contributed by atoms with E-state index in [1.807, 2.05) is 0 Å². The first-order valence-corrected chi connectivity index (χ1v) is 7.54. The van der Waals surface area contributed by atoms with Crippen molar-refractivity contribution in [1.29, 1.82) is 0 Å². The molecule has 1 aliphatic heterocycles. The average molecular weight is 281 g/mol. The quantitative estimate of drug-likeness (QED) is 0.784. The normalized spacial score (nSPS) is 23.4. The third kappa shape index (κ3) is 2.86. The van der Waals surface area contributed by atoms with Crippen LogP contribution < -0.4 is 0 Å². The molecule has 1 spiro atoms. The highest BCUT2D eigenvalue weighted by Crippen LogP contribution is 2.45. The number of aliphatic carboxylic acids is 1. The Kier molecular flexibility index (Phi) is 4.45. The highest BCUT2D eigenvalue weighted by atomic mass is 16.4. The second-order valence-electron chi connectivity index (χ2n) is 6.25. The number of carboxylic acid groups (broad SMARTS) is 1. The number of amides is 2. The van der Waals surface area contributed by atoms with Crippen molar-refractivity contribution >= 4 is 17.8 Å². The van der Waals surface area contributed by atoms with E-state index in [4.69, 9.17) is 5.11 Å². The van der Waals surface area contributed by atoms with E-state index in [0.717, 1.165) is 32.1 Å². The lowest BCUT2D eigenvalue weighted by Crippen LogP contribution is -2.37. The zero-order chi connectivity index (χ0) is 14.8. The van der Waals surface area contributed by atoms with Crippen molar-refractivity contribution in [1.82, 2.24) is 4.90 Å². The van der Waals surface area contributed by atoms with Gasteiger partial charge in [0.15, 0.2) is 0 Å². The van der Waals surface area contributed by atoms with E-state index >= 15 is 0 Å². The molecule has 1 saturated heterocycles. The van der Waals surface area contributed by atoms with Gasteiger partial charge in [0.05, 0.1) is 11.3 Å². The molecule has 20 heavy (non-hydrogen) atoms. The molecule has 2 aliphatic rings. The van der Waals surface area contributed by atoms with Gasteiger partial charge in [0.2, 0.25) is 11.8 Å². The Morgan fingerprint density at radius 2 is 1.95 bits per heavy atom. The zero-order valence-electron chi connectivity index (χ0n) is 12.1. The Labute approximate surface area is 119 Å². The van der Waals surface area contributed by atoms with Crippen molar-refractivity contribution in [3.63, 3.8) is 0 Å². The van der Waals surface area contributed by atoms with Gasteiger partial charge in [-0.2, -0.15) is 0 Å². The summed E-state index contributed by atoms with van der Waals surface area (Å²) >= 11 is 0. The Bertz CT molecular complexity index is 412. The van der Waals surface area contributed by atoms with Crippen LogP contribution in [0.2, 0.25) is 0 Å². The van der Waals surface area contributed by atoms with Gasteiger partial charge in [-0.3, -0.25) is 19.3 Å². The summed E-state index contributed by atoms with van der Waals surface area (Å²) in [7, 11) is 0. The molecule has 1 saturated carbocycles. The number of carbonyl (C=O) groups excluding carboxylic acids is 2. The molecule has 0 aromatic heterocycles. The van der Waals surface area contributed by atoms with Crippen LogP contribution >= 0.6 is 0 Å². The maximum Gasteiger partial charge on any atom is 0.306 e. The Balaban J connectivity index is 1.90. The number of imide groups is 1. The molecule has 1 N–H and O–H groups in total. The van der Waals surface area contributed by atoms with Crippen LogP contribution in [0.1, 0.15) is 58.3 Å². The SMILES string of the molecule is CC(CCCN1C(=O)CC2(CCCCC2)C1=O)C(=O)O. The standard InChI is InChI=1S/C15H23NO4/c1-11(13(18)19)6-5-9-16-12(17)10-15(14(16)20)7-3-2-4-8-15/h11H,2-10H2,1H3,(H,18,19). The molecular formula is C15H23NO4. The monoisotopic (exact) mass is 281 g/mol. The number of rotatable bonds is 5. The van der Waals surface area contributed by atoms with Crippen molar-refractivity contribution in [3.8, 4) is 0 Å². The van der Waals surface area contributed by atoms with E-state index < -0.39 is 17.3 Å². The third-order valence-corrected chi connectivity index (χ3v) is 4.74. The van der Waals surface area contributed by atoms with Gasteiger partial charge in [-0.15, -0.1) is 0 Å². The maximum absolute atomic E-state index is 12.5. The molecule has 112 valence electrons. The lowest BCUT2D eigenvalue weighted by atomic mass is 9.73.